The second-order valence-corrected chi connectivity index (χ2v) is 5.88. The summed E-state index contributed by atoms with van der Waals surface area (Å²) in [6.45, 7) is 8.29. The van der Waals surface area contributed by atoms with Gasteiger partial charge in [0.15, 0.2) is 0 Å². The fourth-order valence-corrected chi connectivity index (χ4v) is 2.53. The Labute approximate surface area is 142 Å². The summed E-state index contributed by atoms with van der Waals surface area (Å²) in [6.07, 6.45) is 6.71. The van der Waals surface area contributed by atoms with Crippen molar-refractivity contribution in [3.8, 4) is 0 Å². The Morgan fingerprint density at radius 2 is 1.96 bits per heavy atom. The van der Waals surface area contributed by atoms with E-state index in [0.29, 0.717) is 13.1 Å². The van der Waals surface area contributed by atoms with Gasteiger partial charge in [-0.1, -0.05) is 37.5 Å². The van der Waals surface area contributed by atoms with Crippen LogP contribution in [0.15, 0.2) is 37.5 Å². The number of hydrogen-bond acceptors (Lipinski definition) is 5. The van der Waals surface area contributed by atoms with Gasteiger partial charge in [0.05, 0.1) is 6.04 Å². The van der Waals surface area contributed by atoms with E-state index in [9.17, 15) is 9.59 Å². The average molecular weight is 340 g/mol. The summed E-state index contributed by atoms with van der Waals surface area (Å²) in [5.41, 5.74) is 0. The van der Waals surface area contributed by atoms with Gasteiger partial charge in [-0.3, -0.25) is 0 Å². The maximum Gasteiger partial charge on any atom is 0.410 e. The molecule has 0 bridgehead atoms. The quantitative estimate of drug-likeness (QED) is 0.571. The number of amides is 2. The van der Waals surface area contributed by atoms with Crippen LogP contribution in [0, 0.1) is 0 Å². The number of likely N-dealkylation sites (tertiary alicyclic amines) is 1. The Bertz CT molecular complexity index is 467. The zero-order valence-corrected chi connectivity index (χ0v) is 14.3. The van der Waals surface area contributed by atoms with E-state index in [0.717, 1.165) is 6.42 Å². The Kier molecular flexibility index (Phi) is 8.32. The molecule has 0 aliphatic carbocycles. The van der Waals surface area contributed by atoms with Crippen LogP contribution in [0.4, 0.5) is 9.59 Å². The summed E-state index contributed by atoms with van der Waals surface area (Å²) >= 11 is 4.43. The summed E-state index contributed by atoms with van der Waals surface area (Å²) in [5, 5.41) is 0.108. The van der Waals surface area contributed by atoms with Crippen molar-refractivity contribution in [1.82, 2.24) is 9.80 Å². The highest BCUT2D eigenvalue weighted by Gasteiger charge is 2.32. The van der Waals surface area contributed by atoms with Crippen LogP contribution in [0.1, 0.15) is 6.42 Å². The van der Waals surface area contributed by atoms with Crippen molar-refractivity contribution in [2.24, 2.45) is 0 Å². The van der Waals surface area contributed by atoms with Crippen LogP contribution >= 0.6 is 12.6 Å². The molecule has 0 aromatic heterocycles. The molecule has 1 aliphatic heterocycles. The molecule has 6 nitrogen and oxygen atoms in total. The molecule has 0 saturated carbocycles. The van der Waals surface area contributed by atoms with Crippen LogP contribution in [0.25, 0.3) is 0 Å². The molecule has 2 amide bonds. The van der Waals surface area contributed by atoms with Crippen LogP contribution < -0.4 is 0 Å². The second-order valence-electron chi connectivity index (χ2n) is 5.15. The molecule has 0 radical (unpaired) electrons. The molecule has 2 atom stereocenters. The molecule has 0 N–H and O–H groups in total. The van der Waals surface area contributed by atoms with Crippen molar-refractivity contribution >= 4 is 24.8 Å². The number of carbonyl (C=O) groups excluding carboxylic acids is 2. The smallest absolute Gasteiger partial charge is 0.410 e. The molecule has 0 aromatic carbocycles. The van der Waals surface area contributed by atoms with Gasteiger partial charge in [-0.15, -0.1) is 0 Å². The Morgan fingerprint density at radius 3 is 2.61 bits per heavy atom. The van der Waals surface area contributed by atoms with Gasteiger partial charge in [0.1, 0.15) is 13.2 Å². The molecule has 0 aromatic rings. The fourth-order valence-electron chi connectivity index (χ4n) is 2.14. The number of thiol groups is 1. The SMILES string of the molecule is C=CCOC(=O)N(C)C/C=C\[C@@H]1C[C@H](S)CN1C(=O)OCC=C. The first-order valence-electron chi connectivity index (χ1n) is 7.37. The van der Waals surface area contributed by atoms with Crippen LogP contribution in [0.2, 0.25) is 0 Å². The predicted octanol–water partition coefficient (Wildman–Crippen LogP) is 2.49. The third kappa shape index (κ3) is 6.40. The number of nitrogens with zero attached hydrogens (tertiary/aromatic N) is 2. The van der Waals surface area contributed by atoms with Crippen LogP contribution in [0.5, 0.6) is 0 Å². The molecule has 7 heteroatoms. The number of carbonyl (C=O) groups is 2. The second kappa shape index (κ2) is 9.99. The topological polar surface area (TPSA) is 59.1 Å². The van der Waals surface area contributed by atoms with Crippen molar-refractivity contribution < 1.29 is 19.1 Å². The average Bonchev–Trinajstić information content (AvgIpc) is 2.90. The third-order valence-corrected chi connectivity index (χ3v) is 3.63. The Balaban J connectivity index is 2.52. The molecule has 1 rings (SSSR count). The van der Waals surface area contributed by atoms with Gasteiger partial charge in [0.2, 0.25) is 0 Å². The molecule has 128 valence electrons. The van der Waals surface area contributed by atoms with Gasteiger partial charge in [-0.2, -0.15) is 12.6 Å². The first kappa shape index (κ1) is 19.2. The first-order valence-corrected chi connectivity index (χ1v) is 7.89. The Morgan fingerprint density at radius 1 is 1.30 bits per heavy atom. The molecule has 1 fully saturated rings. The van der Waals surface area contributed by atoms with Crippen LogP contribution in [0.3, 0.4) is 0 Å². The standard InChI is InChI=1S/C16H24N2O4S/c1-4-9-21-15(19)17(3)8-6-7-13-11-14(23)12-18(13)16(20)22-10-5-2/h4-7,13-14,23H,1-2,8-12H2,3H3/b7-6-/t13-,14+/m1/s1. The molecule has 23 heavy (non-hydrogen) atoms. The van der Waals surface area contributed by atoms with E-state index < -0.39 is 6.09 Å². The predicted molar refractivity (Wildman–Crippen MR) is 92.7 cm³/mol. The number of hydrogen-bond donors (Lipinski definition) is 1. The minimum absolute atomic E-state index is 0.0904. The van der Waals surface area contributed by atoms with Gasteiger partial charge in [-0.25, -0.2) is 9.59 Å². The maximum absolute atomic E-state index is 12.0. The van der Waals surface area contributed by atoms with Gasteiger partial charge < -0.3 is 19.3 Å². The molecular weight excluding hydrogens is 316 g/mol. The van der Waals surface area contributed by atoms with E-state index in [1.807, 2.05) is 12.2 Å². The molecule has 0 spiro atoms. The lowest BCUT2D eigenvalue weighted by Gasteiger charge is -2.21. The summed E-state index contributed by atoms with van der Waals surface area (Å²) in [6, 6.07) is -0.0904. The summed E-state index contributed by atoms with van der Waals surface area (Å²) in [7, 11) is 1.64. The maximum atomic E-state index is 12.0. The number of rotatable bonds is 7. The fraction of sp³-hybridized carbons (Fsp3) is 0.500. The van der Waals surface area contributed by atoms with Gasteiger partial charge >= 0.3 is 12.2 Å². The van der Waals surface area contributed by atoms with E-state index in [4.69, 9.17) is 9.47 Å². The largest absolute Gasteiger partial charge is 0.445 e. The van der Waals surface area contributed by atoms with Crippen molar-refractivity contribution in [2.75, 3.05) is 33.4 Å². The summed E-state index contributed by atoms with van der Waals surface area (Å²) in [5.74, 6) is 0. The molecule has 0 unspecified atom stereocenters. The van der Waals surface area contributed by atoms with Crippen molar-refractivity contribution in [1.29, 1.82) is 0 Å². The van der Waals surface area contributed by atoms with Crippen LogP contribution in [-0.2, 0) is 9.47 Å². The van der Waals surface area contributed by atoms with E-state index in [1.54, 1.807) is 11.9 Å². The summed E-state index contributed by atoms with van der Waals surface area (Å²) in [4.78, 5) is 26.6. The van der Waals surface area contributed by atoms with Crippen molar-refractivity contribution in [3.05, 3.63) is 37.5 Å². The molecule has 1 saturated heterocycles. The third-order valence-electron chi connectivity index (χ3n) is 3.25. The first-order chi connectivity index (χ1) is 11.0. The minimum atomic E-state index is -0.421. The van der Waals surface area contributed by atoms with Gasteiger partial charge in [-0.05, 0) is 6.42 Å². The lowest BCUT2D eigenvalue weighted by Crippen LogP contribution is -2.35. The molecular formula is C16H24N2O4S. The number of likely N-dealkylation sites (N-methyl/N-ethyl adjacent to an activating group) is 1. The highest BCUT2D eigenvalue weighted by molar-refractivity contribution is 7.81. The Hall–Kier alpha value is -1.89. The zero-order valence-electron chi connectivity index (χ0n) is 13.4. The zero-order chi connectivity index (χ0) is 17.2. The van der Waals surface area contributed by atoms with Gasteiger partial charge in [0.25, 0.3) is 0 Å². The number of ether oxygens (including phenoxy) is 2. The van der Waals surface area contributed by atoms with E-state index in [2.05, 4.69) is 25.8 Å². The van der Waals surface area contributed by atoms with E-state index in [-0.39, 0.29) is 30.6 Å². The lowest BCUT2D eigenvalue weighted by molar-refractivity contribution is 0.113. The van der Waals surface area contributed by atoms with E-state index >= 15 is 0 Å². The highest BCUT2D eigenvalue weighted by atomic mass is 32.1. The van der Waals surface area contributed by atoms with Gasteiger partial charge in [0, 0.05) is 25.4 Å². The van der Waals surface area contributed by atoms with Crippen molar-refractivity contribution in [3.63, 3.8) is 0 Å². The van der Waals surface area contributed by atoms with Crippen LogP contribution in [-0.4, -0.2) is 66.6 Å². The normalized spacial score (nSPS) is 20.3. The van der Waals surface area contributed by atoms with E-state index in [1.165, 1.54) is 17.1 Å². The molecule has 1 heterocycles. The monoisotopic (exact) mass is 340 g/mol. The highest BCUT2D eigenvalue weighted by Crippen LogP contribution is 2.23. The summed E-state index contributed by atoms with van der Waals surface area (Å²) < 4.78 is 10.00. The molecule has 1 aliphatic rings. The minimum Gasteiger partial charge on any atom is -0.445 e. The lowest BCUT2D eigenvalue weighted by atomic mass is 10.2. The van der Waals surface area contributed by atoms with Crippen molar-refractivity contribution in [2.45, 2.75) is 17.7 Å².